The zero-order chi connectivity index (χ0) is 27.4. The Bertz CT molecular complexity index is 1160. The highest BCUT2D eigenvalue weighted by Gasteiger charge is 2.51. The maximum absolute atomic E-state index is 13.7. The average molecular weight is 564 g/mol. The number of thioether (sulfide) groups is 1. The molecular formula is C26H31ClFN5O4S. The predicted molar refractivity (Wildman–Crippen MR) is 144 cm³/mol. The summed E-state index contributed by atoms with van der Waals surface area (Å²) in [6.45, 7) is 2.22. The van der Waals surface area contributed by atoms with Gasteiger partial charge in [-0.15, -0.1) is 0 Å². The first-order chi connectivity index (χ1) is 18.2. The topological polar surface area (TPSA) is 85.4 Å². The van der Waals surface area contributed by atoms with E-state index in [0.29, 0.717) is 17.9 Å². The molecule has 12 heteroatoms. The minimum atomic E-state index is -0.705. The third-order valence-corrected chi connectivity index (χ3v) is 7.79. The lowest BCUT2D eigenvalue weighted by Crippen LogP contribution is -2.76. The molecule has 2 aliphatic heterocycles. The minimum absolute atomic E-state index is 0.0256. The van der Waals surface area contributed by atoms with Gasteiger partial charge in [-0.3, -0.25) is 9.59 Å². The number of carbonyl (C=O) groups is 3. The zero-order valence-electron chi connectivity index (χ0n) is 21.5. The minimum Gasteiger partial charge on any atom is -0.386 e. The number of fused-ring (bicyclic) bond motifs is 1. The van der Waals surface area contributed by atoms with Crippen LogP contribution in [0.5, 0.6) is 5.75 Å². The second-order valence-electron chi connectivity index (χ2n) is 9.34. The summed E-state index contributed by atoms with van der Waals surface area (Å²) in [6.07, 6.45) is 1.71. The van der Waals surface area contributed by atoms with Crippen LogP contribution in [0.2, 0.25) is 0 Å². The third-order valence-electron chi connectivity index (χ3n) is 6.97. The molecule has 2 saturated heterocycles. The number of urea groups is 1. The predicted octanol–water partition coefficient (Wildman–Crippen LogP) is 3.61. The van der Waals surface area contributed by atoms with Gasteiger partial charge in [0.1, 0.15) is 35.6 Å². The first-order valence-corrected chi connectivity index (χ1v) is 14.0. The van der Waals surface area contributed by atoms with Crippen LogP contribution in [0, 0.1) is 5.82 Å². The molecule has 2 aliphatic rings. The van der Waals surface area contributed by atoms with E-state index < -0.39 is 12.2 Å². The Morgan fingerprint density at radius 2 is 1.87 bits per heavy atom. The molecule has 0 aromatic heterocycles. The summed E-state index contributed by atoms with van der Waals surface area (Å²) in [5, 5.41) is 6.02. The Labute approximate surface area is 231 Å². The molecule has 38 heavy (non-hydrogen) atoms. The fourth-order valence-corrected chi connectivity index (χ4v) is 5.52. The average Bonchev–Trinajstić information content (AvgIpc) is 2.91. The molecule has 1 N–H and O–H groups in total. The Kier molecular flexibility index (Phi) is 9.01. The monoisotopic (exact) mass is 563 g/mol. The lowest BCUT2D eigenvalue weighted by molar-refractivity contribution is -0.189. The molecule has 4 amide bonds. The molecule has 4 rings (SSSR count). The van der Waals surface area contributed by atoms with Crippen LogP contribution >= 0.6 is 23.6 Å². The summed E-state index contributed by atoms with van der Waals surface area (Å²) in [5.74, 6) is 0.432. The number of nitrogens with zero attached hydrogens (tertiary/aromatic N) is 4. The Morgan fingerprint density at radius 1 is 1.18 bits per heavy atom. The summed E-state index contributed by atoms with van der Waals surface area (Å²) in [5.41, 5.74) is 1.61. The van der Waals surface area contributed by atoms with Crippen LogP contribution in [0.15, 0.2) is 48.5 Å². The second-order valence-corrected chi connectivity index (χ2v) is 10.5. The number of hydrogen-bond donors (Lipinski definition) is 1. The molecular weight excluding hydrogens is 533 g/mol. The lowest BCUT2D eigenvalue weighted by Gasteiger charge is -2.55. The molecule has 2 heterocycles. The number of amides is 4. The van der Waals surface area contributed by atoms with Gasteiger partial charge in [0, 0.05) is 13.6 Å². The number of hydrogen-bond acceptors (Lipinski definition) is 6. The molecule has 0 radical (unpaired) electrons. The van der Waals surface area contributed by atoms with E-state index in [9.17, 15) is 18.8 Å². The maximum Gasteiger partial charge on any atom is 0.334 e. The first kappa shape index (κ1) is 28.0. The van der Waals surface area contributed by atoms with Crippen LogP contribution in [0.25, 0.3) is 0 Å². The molecule has 2 fully saturated rings. The maximum atomic E-state index is 13.7. The SMILES string of the molecule is CSCC[C@H]1C(=O)N(C(C)c2ccc(F)cc2)C[C@H]2N1C(=O)CN(C)N2C(=O)NCc1ccc(OCl)cc1. The van der Waals surface area contributed by atoms with E-state index in [1.807, 2.05) is 13.2 Å². The van der Waals surface area contributed by atoms with Gasteiger partial charge in [-0.05, 0) is 60.7 Å². The smallest absolute Gasteiger partial charge is 0.334 e. The van der Waals surface area contributed by atoms with Crippen molar-refractivity contribution in [2.75, 3.05) is 32.1 Å². The van der Waals surface area contributed by atoms with Crippen molar-refractivity contribution in [1.29, 1.82) is 0 Å². The van der Waals surface area contributed by atoms with Crippen LogP contribution in [-0.4, -0.2) is 82.0 Å². The lowest BCUT2D eigenvalue weighted by atomic mass is 9.99. The molecule has 0 aliphatic carbocycles. The molecule has 3 atom stereocenters. The van der Waals surface area contributed by atoms with E-state index in [0.717, 1.165) is 11.1 Å². The van der Waals surface area contributed by atoms with Crippen molar-refractivity contribution < 1.29 is 23.1 Å². The van der Waals surface area contributed by atoms with Crippen molar-refractivity contribution in [2.45, 2.75) is 38.1 Å². The summed E-state index contributed by atoms with van der Waals surface area (Å²) >= 11 is 6.97. The standard InChI is InChI=1S/C26H31ClFN5O4S/c1-17(19-6-8-20(28)9-7-19)31-15-23-32(22(25(31)35)12-13-38-3)24(34)16-30(2)33(23)26(36)29-14-18-4-10-21(37-27)11-5-18/h4-11,17,22-23H,12-16H2,1-3H3,(H,29,36)/t17?,22-,23-/m0/s1. The number of likely N-dealkylation sites (N-methyl/N-ethyl adjacent to an activating group) is 1. The molecule has 0 spiro atoms. The highest BCUT2D eigenvalue weighted by molar-refractivity contribution is 7.98. The van der Waals surface area contributed by atoms with Crippen LogP contribution in [0.3, 0.4) is 0 Å². The zero-order valence-corrected chi connectivity index (χ0v) is 23.0. The van der Waals surface area contributed by atoms with Crippen molar-refractivity contribution in [2.24, 2.45) is 0 Å². The summed E-state index contributed by atoms with van der Waals surface area (Å²) in [7, 11) is 1.68. The van der Waals surface area contributed by atoms with E-state index in [-0.39, 0.29) is 49.3 Å². The van der Waals surface area contributed by atoms with E-state index in [4.69, 9.17) is 11.9 Å². The number of halogens is 2. The summed E-state index contributed by atoms with van der Waals surface area (Å²) < 4.78 is 18.2. The second kappa shape index (κ2) is 12.2. The Morgan fingerprint density at radius 3 is 2.50 bits per heavy atom. The number of carbonyl (C=O) groups excluding carboxylic acids is 3. The van der Waals surface area contributed by atoms with E-state index in [2.05, 4.69) is 9.61 Å². The van der Waals surface area contributed by atoms with Gasteiger partial charge in [0.2, 0.25) is 11.8 Å². The first-order valence-electron chi connectivity index (χ1n) is 12.3. The highest BCUT2D eigenvalue weighted by Crippen LogP contribution is 2.32. The summed E-state index contributed by atoms with van der Waals surface area (Å²) in [4.78, 5) is 43.7. The van der Waals surface area contributed by atoms with Gasteiger partial charge < -0.3 is 19.4 Å². The van der Waals surface area contributed by atoms with E-state index >= 15 is 0 Å². The molecule has 9 nitrogen and oxygen atoms in total. The van der Waals surface area contributed by atoms with Crippen molar-refractivity contribution in [1.82, 2.24) is 25.1 Å². The van der Waals surface area contributed by atoms with Crippen molar-refractivity contribution in [3.05, 3.63) is 65.5 Å². The van der Waals surface area contributed by atoms with Gasteiger partial charge in [0.05, 0.1) is 19.1 Å². The summed E-state index contributed by atoms with van der Waals surface area (Å²) in [6, 6.07) is 11.5. The van der Waals surface area contributed by atoms with Gasteiger partial charge in [0.25, 0.3) is 0 Å². The largest absolute Gasteiger partial charge is 0.386 e. The fraction of sp³-hybridized carbons (Fsp3) is 0.423. The number of nitrogens with one attached hydrogen (secondary N) is 1. The van der Waals surface area contributed by atoms with Crippen LogP contribution in [-0.2, 0) is 16.1 Å². The van der Waals surface area contributed by atoms with Gasteiger partial charge in [-0.25, -0.2) is 19.2 Å². The highest BCUT2D eigenvalue weighted by atomic mass is 35.5. The normalized spacial score (nSPS) is 20.8. The van der Waals surface area contributed by atoms with Crippen molar-refractivity contribution in [3.8, 4) is 5.75 Å². The Balaban J connectivity index is 1.60. The van der Waals surface area contributed by atoms with Gasteiger partial charge in [0.15, 0.2) is 0 Å². The number of rotatable bonds is 8. The number of benzene rings is 2. The van der Waals surface area contributed by atoms with Crippen LogP contribution in [0.1, 0.15) is 30.5 Å². The van der Waals surface area contributed by atoms with Gasteiger partial charge in [-0.2, -0.15) is 11.8 Å². The Hall–Kier alpha value is -3.02. The quantitative estimate of drug-likeness (QED) is 0.528. The fourth-order valence-electron chi connectivity index (χ4n) is 4.96. The molecule has 2 aromatic carbocycles. The van der Waals surface area contributed by atoms with Gasteiger partial charge >= 0.3 is 6.03 Å². The molecule has 1 unspecified atom stereocenters. The van der Waals surface area contributed by atoms with Crippen LogP contribution in [0.4, 0.5) is 9.18 Å². The molecule has 0 saturated carbocycles. The number of piperazine rings is 1. The van der Waals surface area contributed by atoms with E-state index in [1.165, 1.54) is 17.1 Å². The number of hydrazine groups is 1. The molecule has 0 bridgehead atoms. The third kappa shape index (κ3) is 5.84. The van der Waals surface area contributed by atoms with E-state index in [1.54, 1.807) is 70.0 Å². The van der Waals surface area contributed by atoms with Crippen LogP contribution < -0.4 is 9.61 Å². The molecule has 2 aromatic rings. The molecule has 204 valence electrons. The van der Waals surface area contributed by atoms with Gasteiger partial charge in [-0.1, -0.05) is 24.3 Å². The van der Waals surface area contributed by atoms with Crippen molar-refractivity contribution >= 4 is 41.5 Å². The van der Waals surface area contributed by atoms with Crippen molar-refractivity contribution in [3.63, 3.8) is 0 Å².